The lowest BCUT2D eigenvalue weighted by Gasteiger charge is -2.57. The highest BCUT2D eigenvalue weighted by Gasteiger charge is 2.51. The average molecular weight is 402 g/mol. The van der Waals surface area contributed by atoms with E-state index in [1.54, 1.807) is 11.8 Å². The van der Waals surface area contributed by atoms with Gasteiger partial charge in [-0.15, -0.1) is 0 Å². The van der Waals surface area contributed by atoms with Gasteiger partial charge in [0.1, 0.15) is 6.04 Å². The molecule has 0 spiro atoms. The number of benzene rings is 1. The van der Waals surface area contributed by atoms with Crippen molar-refractivity contribution in [2.45, 2.75) is 56.4 Å². The number of hydrogen-bond acceptors (Lipinski definition) is 3. The van der Waals surface area contributed by atoms with E-state index in [9.17, 15) is 9.59 Å². The monoisotopic (exact) mass is 401 g/mol. The standard InChI is InChI=1S/C22H31N3O2S/c1-28-7-6-19(25-21(23)27)20(26)24-18-4-2-17(3-5-18)22-11-14-8-15(12-22)10-16(9-14)13-22/h2-5,14-16,19H,6-13H2,1H3,(H,24,26)(H3,23,25,27). The van der Waals surface area contributed by atoms with Crippen molar-refractivity contribution < 1.29 is 9.59 Å². The predicted octanol–water partition coefficient (Wildman–Crippen LogP) is 3.88. The number of hydrogen-bond donors (Lipinski definition) is 3. The van der Waals surface area contributed by atoms with Crippen LogP contribution in [0.3, 0.4) is 0 Å². The molecule has 1 unspecified atom stereocenters. The van der Waals surface area contributed by atoms with E-state index >= 15 is 0 Å². The third-order valence-electron chi connectivity index (χ3n) is 7.05. The molecule has 1 aromatic carbocycles. The molecule has 4 fully saturated rings. The minimum Gasteiger partial charge on any atom is -0.352 e. The van der Waals surface area contributed by atoms with E-state index < -0.39 is 12.1 Å². The number of primary amides is 1. The number of nitrogens with one attached hydrogen (secondary N) is 2. The van der Waals surface area contributed by atoms with Gasteiger partial charge in [0, 0.05) is 5.69 Å². The van der Waals surface area contributed by atoms with Crippen molar-refractivity contribution in [3.8, 4) is 0 Å². The van der Waals surface area contributed by atoms with Crippen LogP contribution in [0, 0.1) is 17.8 Å². The van der Waals surface area contributed by atoms with Crippen molar-refractivity contribution >= 4 is 29.4 Å². The lowest BCUT2D eigenvalue weighted by molar-refractivity contribution is -0.117. The third-order valence-corrected chi connectivity index (χ3v) is 7.69. The Kier molecular flexibility index (Phi) is 5.59. The molecule has 4 N–H and O–H groups in total. The fraction of sp³-hybridized carbons (Fsp3) is 0.636. The Labute approximate surface area is 171 Å². The highest BCUT2D eigenvalue weighted by Crippen LogP contribution is 2.60. The first-order valence-corrected chi connectivity index (χ1v) is 11.8. The highest BCUT2D eigenvalue weighted by atomic mass is 32.2. The molecule has 152 valence electrons. The smallest absolute Gasteiger partial charge is 0.312 e. The quantitative estimate of drug-likeness (QED) is 0.648. The molecule has 5 rings (SSSR count). The largest absolute Gasteiger partial charge is 0.352 e. The van der Waals surface area contributed by atoms with Crippen molar-refractivity contribution in [2.75, 3.05) is 17.3 Å². The van der Waals surface area contributed by atoms with Crippen molar-refractivity contribution in [1.82, 2.24) is 5.32 Å². The summed E-state index contributed by atoms with van der Waals surface area (Å²) in [6.07, 6.45) is 10.9. The second-order valence-electron chi connectivity index (χ2n) is 9.11. The first kappa shape index (κ1) is 19.6. The van der Waals surface area contributed by atoms with E-state index in [-0.39, 0.29) is 5.91 Å². The number of carbonyl (C=O) groups excluding carboxylic acids is 2. The van der Waals surface area contributed by atoms with E-state index in [0.717, 1.165) is 29.2 Å². The molecule has 1 aromatic rings. The summed E-state index contributed by atoms with van der Waals surface area (Å²) in [4.78, 5) is 23.8. The molecule has 0 heterocycles. The molecule has 0 saturated heterocycles. The Morgan fingerprint density at radius 1 is 1.11 bits per heavy atom. The Morgan fingerprint density at radius 3 is 2.18 bits per heavy atom. The second kappa shape index (κ2) is 7.97. The fourth-order valence-corrected chi connectivity index (χ4v) is 6.75. The topological polar surface area (TPSA) is 84.2 Å². The molecule has 28 heavy (non-hydrogen) atoms. The van der Waals surface area contributed by atoms with Crippen molar-refractivity contribution in [2.24, 2.45) is 23.5 Å². The highest BCUT2D eigenvalue weighted by molar-refractivity contribution is 7.98. The summed E-state index contributed by atoms with van der Waals surface area (Å²) in [6.45, 7) is 0. The number of urea groups is 1. The summed E-state index contributed by atoms with van der Waals surface area (Å²) in [5.41, 5.74) is 7.81. The zero-order valence-corrected chi connectivity index (χ0v) is 17.4. The molecule has 4 aliphatic carbocycles. The van der Waals surface area contributed by atoms with Gasteiger partial charge in [-0.3, -0.25) is 4.79 Å². The van der Waals surface area contributed by atoms with Gasteiger partial charge in [0.25, 0.3) is 0 Å². The van der Waals surface area contributed by atoms with Crippen LogP contribution in [0.15, 0.2) is 24.3 Å². The molecule has 4 bridgehead atoms. The van der Waals surface area contributed by atoms with Gasteiger partial charge in [0.2, 0.25) is 5.91 Å². The summed E-state index contributed by atoms with van der Waals surface area (Å²) < 4.78 is 0. The molecule has 0 radical (unpaired) electrons. The van der Waals surface area contributed by atoms with Gasteiger partial charge >= 0.3 is 6.03 Å². The lowest BCUT2D eigenvalue weighted by Crippen LogP contribution is -2.48. The Bertz CT molecular complexity index is 699. The first-order valence-electron chi connectivity index (χ1n) is 10.4. The van der Waals surface area contributed by atoms with Crippen LogP contribution in [-0.4, -0.2) is 30.0 Å². The van der Waals surface area contributed by atoms with Gasteiger partial charge in [-0.1, -0.05) is 12.1 Å². The van der Waals surface area contributed by atoms with Gasteiger partial charge in [-0.2, -0.15) is 11.8 Å². The molecule has 5 nitrogen and oxygen atoms in total. The van der Waals surface area contributed by atoms with Crippen LogP contribution in [0.2, 0.25) is 0 Å². The minimum absolute atomic E-state index is 0.213. The SMILES string of the molecule is CSCCC(NC(N)=O)C(=O)Nc1ccc(C23CC4CC(CC(C4)C2)C3)cc1. The van der Waals surface area contributed by atoms with E-state index in [4.69, 9.17) is 5.73 Å². The Morgan fingerprint density at radius 2 is 1.68 bits per heavy atom. The van der Waals surface area contributed by atoms with Crippen LogP contribution in [0.1, 0.15) is 50.5 Å². The summed E-state index contributed by atoms with van der Waals surface area (Å²) in [5.74, 6) is 3.33. The minimum atomic E-state index is -0.668. The summed E-state index contributed by atoms with van der Waals surface area (Å²) in [5, 5.41) is 5.49. The molecule has 6 heteroatoms. The van der Waals surface area contributed by atoms with Crippen LogP contribution >= 0.6 is 11.8 Å². The van der Waals surface area contributed by atoms with E-state index in [2.05, 4.69) is 22.8 Å². The predicted molar refractivity (Wildman–Crippen MR) is 114 cm³/mol. The zero-order valence-electron chi connectivity index (χ0n) is 16.6. The van der Waals surface area contributed by atoms with Gasteiger partial charge in [0.15, 0.2) is 0 Å². The summed E-state index contributed by atoms with van der Waals surface area (Å²) >= 11 is 1.64. The molecule has 4 aliphatic rings. The zero-order chi connectivity index (χ0) is 19.7. The number of anilines is 1. The maximum absolute atomic E-state index is 12.6. The molecule has 3 amide bonds. The maximum Gasteiger partial charge on any atom is 0.312 e. The normalized spacial score (nSPS) is 31.4. The average Bonchev–Trinajstić information content (AvgIpc) is 2.64. The number of thioether (sulfide) groups is 1. The van der Waals surface area contributed by atoms with Gasteiger partial charge in [-0.05, 0) is 97.8 Å². The van der Waals surface area contributed by atoms with Gasteiger partial charge < -0.3 is 16.4 Å². The molecule has 0 aromatic heterocycles. The number of rotatable bonds is 7. The lowest BCUT2D eigenvalue weighted by atomic mass is 9.48. The molecule has 1 atom stereocenters. The second-order valence-corrected chi connectivity index (χ2v) is 10.1. The molecular weight excluding hydrogens is 370 g/mol. The van der Waals surface area contributed by atoms with Crippen molar-refractivity contribution in [3.05, 3.63) is 29.8 Å². The third kappa shape index (κ3) is 4.02. The van der Waals surface area contributed by atoms with Crippen LogP contribution in [0.25, 0.3) is 0 Å². The summed E-state index contributed by atoms with van der Waals surface area (Å²) in [7, 11) is 0. The maximum atomic E-state index is 12.6. The number of carbonyl (C=O) groups is 2. The van der Waals surface area contributed by atoms with Crippen LogP contribution in [-0.2, 0) is 10.2 Å². The van der Waals surface area contributed by atoms with Crippen molar-refractivity contribution in [3.63, 3.8) is 0 Å². The van der Waals surface area contributed by atoms with Gasteiger partial charge in [-0.25, -0.2) is 4.79 Å². The van der Waals surface area contributed by atoms with Crippen LogP contribution < -0.4 is 16.4 Å². The van der Waals surface area contributed by atoms with Crippen molar-refractivity contribution in [1.29, 1.82) is 0 Å². The fourth-order valence-electron chi connectivity index (χ4n) is 6.28. The Balaban J connectivity index is 1.43. The molecule has 4 saturated carbocycles. The first-order chi connectivity index (χ1) is 13.5. The molecule has 0 aliphatic heterocycles. The van der Waals surface area contributed by atoms with Crippen LogP contribution in [0.5, 0.6) is 0 Å². The van der Waals surface area contributed by atoms with E-state index in [0.29, 0.717) is 11.8 Å². The van der Waals surface area contributed by atoms with E-state index in [1.807, 2.05) is 18.4 Å². The van der Waals surface area contributed by atoms with Crippen LogP contribution in [0.4, 0.5) is 10.5 Å². The van der Waals surface area contributed by atoms with Gasteiger partial charge in [0.05, 0.1) is 0 Å². The Hall–Kier alpha value is -1.69. The number of nitrogens with two attached hydrogens (primary N) is 1. The summed E-state index contributed by atoms with van der Waals surface area (Å²) in [6, 6.07) is 7.18. The number of amides is 3. The molecular formula is C22H31N3O2S. The van der Waals surface area contributed by atoms with E-state index in [1.165, 1.54) is 44.1 Å².